The van der Waals surface area contributed by atoms with Crippen molar-refractivity contribution in [3.05, 3.63) is 7.43 Å². The van der Waals surface area contributed by atoms with Crippen LogP contribution in [0.25, 0.3) is 0 Å². The first kappa shape index (κ1) is 9.43. The molecule has 0 rings (SSSR count). The molecule has 0 aromatic heterocycles. The summed E-state index contributed by atoms with van der Waals surface area (Å²) >= 11 is 4.93. The van der Waals surface area contributed by atoms with Crippen LogP contribution in [0.3, 0.4) is 0 Å². The first-order valence-corrected chi connectivity index (χ1v) is 18.6. The molecule has 23 valence electrons. The van der Waals surface area contributed by atoms with E-state index in [0.717, 1.165) is 0 Å². The summed E-state index contributed by atoms with van der Waals surface area (Å²) in [6.07, 6.45) is 0. The molecule has 1 radical (unpaired) electrons. The summed E-state index contributed by atoms with van der Waals surface area (Å²) in [6.45, 7) is 0. The summed E-state index contributed by atoms with van der Waals surface area (Å²) in [7, 11) is 0.0650. The molecule has 0 aromatic rings. The van der Waals surface area contributed by atoms with Crippen molar-refractivity contribution in [3.63, 3.8) is 0 Å². The van der Waals surface area contributed by atoms with Crippen LogP contribution in [0.1, 0.15) is 0 Å². The van der Waals surface area contributed by atoms with Crippen molar-refractivity contribution in [2.24, 2.45) is 0 Å². The Kier molecular flexibility index (Phi) is 21.0. The van der Waals surface area contributed by atoms with Crippen LogP contribution in [0.15, 0.2) is 0 Å². The minimum atomic E-state index is 0. The summed E-state index contributed by atoms with van der Waals surface area (Å²) in [5, 5.41) is 0. The Morgan fingerprint density at radius 1 is 1.25 bits per heavy atom. The summed E-state index contributed by atoms with van der Waals surface area (Å²) in [5.41, 5.74) is 0. The summed E-state index contributed by atoms with van der Waals surface area (Å²) in [5.74, 6) is 0. The molecule has 3 heteroatoms. The van der Waals surface area contributed by atoms with E-state index in [1.165, 1.54) is 0 Å². The van der Waals surface area contributed by atoms with Crippen LogP contribution in [0, 0.1) is 7.43 Å². The van der Waals surface area contributed by atoms with Gasteiger partial charge in [-0.2, -0.15) is 0 Å². The van der Waals surface area contributed by atoms with Gasteiger partial charge in [0, 0.05) is 0 Å². The van der Waals surface area contributed by atoms with Crippen LogP contribution in [0.5, 0.6) is 0 Å². The fraction of sp³-hybridized carbons (Fsp3) is 0. The molecule has 0 aromatic carbocycles. The van der Waals surface area contributed by atoms with Crippen molar-refractivity contribution in [2.75, 3.05) is 0 Å². The molecule has 0 saturated carbocycles. The molecular weight excluding hydrogens is 331 g/mol. The van der Waals surface area contributed by atoms with Gasteiger partial charge in [-0.3, -0.25) is 0 Å². The molecule has 0 aliphatic rings. The molecule has 0 atom stereocenters. The van der Waals surface area contributed by atoms with E-state index < -0.39 is 0 Å². The van der Waals surface area contributed by atoms with Crippen molar-refractivity contribution >= 4 is 39.5 Å². The van der Waals surface area contributed by atoms with Crippen molar-refractivity contribution in [1.82, 2.24) is 0 Å². The number of rotatable bonds is 0. The maximum absolute atomic E-state index is 2.46. The van der Waals surface area contributed by atoms with E-state index in [9.17, 15) is 0 Å². The van der Waals surface area contributed by atoms with Crippen LogP contribution in [-0.2, 0) is 10.1 Å². The van der Waals surface area contributed by atoms with Crippen LogP contribution in [-0.4, -0.2) is 0 Å². The van der Waals surface area contributed by atoms with Gasteiger partial charge in [0.05, 0.1) is 0 Å². The Morgan fingerprint density at radius 3 is 1.25 bits per heavy atom. The minimum absolute atomic E-state index is 0. The molecule has 0 fully saturated rings. The summed E-state index contributed by atoms with van der Waals surface area (Å²) in [4.78, 5) is 0. The van der Waals surface area contributed by atoms with Crippen molar-refractivity contribution < 1.29 is 10.1 Å². The van der Waals surface area contributed by atoms with Crippen LogP contribution < -0.4 is 0 Å². The van der Waals surface area contributed by atoms with Gasteiger partial charge in [0.15, 0.2) is 0 Å². The summed E-state index contributed by atoms with van der Waals surface area (Å²) < 4.78 is 0. The first-order chi connectivity index (χ1) is 1.41. The van der Waals surface area contributed by atoms with E-state index in [2.05, 4.69) is 39.5 Å². The normalized spacial score (nSPS) is 2.50. The molecule has 4 heavy (non-hydrogen) atoms. The molecule has 0 spiro atoms. The van der Waals surface area contributed by atoms with E-state index in [-0.39, 0.29) is 17.5 Å². The third-order valence-corrected chi connectivity index (χ3v) is 0. The Bertz CT molecular complexity index is 6.00. The molecule has 0 saturated heterocycles. The third kappa shape index (κ3) is 8.94. The van der Waals surface area contributed by atoms with E-state index in [1.54, 1.807) is 0 Å². The zero-order chi connectivity index (χ0) is 2.71. The van der Waals surface area contributed by atoms with Gasteiger partial charge in [0.1, 0.15) is 0 Å². The van der Waals surface area contributed by atoms with Gasteiger partial charge >= 0.3 is 49.6 Å². The average Bonchev–Trinajstić information content (AvgIpc) is 0.918. The van der Waals surface area contributed by atoms with Crippen LogP contribution in [0.4, 0.5) is 0 Å². The van der Waals surface area contributed by atoms with Crippen LogP contribution in [0.2, 0.25) is 0 Å². The third-order valence-electron chi connectivity index (χ3n) is 0. The second kappa shape index (κ2) is 8.92. The first-order valence-electron chi connectivity index (χ1n) is 0.535. The van der Waals surface area contributed by atoms with E-state index in [1.807, 2.05) is 0 Å². The van der Waals surface area contributed by atoms with Gasteiger partial charge in [-0.05, 0) is 0 Å². The Morgan fingerprint density at radius 2 is 1.25 bits per heavy atom. The standard InChI is InChI=1S/CH3.2HI.Zn/h1H3;2*1H;/q;;;+2/p-2. The van der Waals surface area contributed by atoms with Gasteiger partial charge in [-0.15, -0.1) is 0 Å². The predicted molar refractivity (Wildman–Crippen MR) is 34.5 cm³/mol. The fourth-order valence-corrected chi connectivity index (χ4v) is 0. The monoisotopic (exact) mass is 333 g/mol. The predicted octanol–water partition coefficient (Wildman–Crippen LogP) is 2.22. The molecule has 0 bridgehead atoms. The van der Waals surface area contributed by atoms with Crippen molar-refractivity contribution in [3.8, 4) is 0 Å². The fourth-order valence-electron chi connectivity index (χ4n) is 0. The molecule has 0 nitrogen and oxygen atoms in total. The topological polar surface area (TPSA) is 0 Å². The zero-order valence-corrected chi connectivity index (χ0v) is 9.75. The average molecular weight is 334 g/mol. The molecule has 0 aliphatic heterocycles. The second-order valence-electron chi connectivity index (χ2n) is 0.101. The molecule has 0 unspecified atom stereocenters. The zero-order valence-electron chi connectivity index (χ0n) is 2.46. The van der Waals surface area contributed by atoms with Crippen molar-refractivity contribution in [2.45, 2.75) is 0 Å². The number of hydrogen-bond donors (Lipinski definition) is 0. The second-order valence-corrected chi connectivity index (χ2v) is 23.6. The Labute approximate surface area is 56.1 Å². The van der Waals surface area contributed by atoms with Gasteiger partial charge in [0.2, 0.25) is 0 Å². The van der Waals surface area contributed by atoms with Gasteiger partial charge in [-0.1, -0.05) is 7.43 Å². The molecular formula is CH3I2Zn. The van der Waals surface area contributed by atoms with E-state index in [4.69, 9.17) is 0 Å². The maximum atomic E-state index is 2.46. The molecule has 0 heterocycles. The number of hydrogen-bond acceptors (Lipinski definition) is 0. The quantitative estimate of drug-likeness (QED) is 0.471. The SMILES string of the molecule is [CH3].[I][Zn][I]. The summed E-state index contributed by atoms with van der Waals surface area (Å²) in [6, 6.07) is 0. The van der Waals surface area contributed by atoms with Crippen molar-refractivity contribution in [1.29, 1.82) is 0 Å². The molecule has 0 amide bonds. The molecule has 0 N–H and O–H groups in total. The molecule has 0 aliphatic carbocycles. The van der Waals surface area contributed by atoms with Gasteiger partial charge in [-0.25, -0.2) is 0 Å². The number of halogens is 2. The van der Waals surface area contributed by atoms with Gasteiger partial charge < -0.3 is 0 Å². The van der Waals surface area contributed by atoms with E-state index in [0.29, 0.717) is 0 Å². The Hall–Kier alpha value is 2.08. The van der Waals surface area contributed by atoms with Crippen LogP contribution >= 0.6 is 39.5 Å². The Balaban J connectivity index is 0. The van der Waals surface area contributed by atoms with E-state index >= 15 is 0 Å². The van der Waals surface area contributed by atoms with Gasteiger partial charge in [0.25, 0.3) is 0 Å².